The van der Waals surface area contributed by atoms with Crippen LogP contribution in [0.1, 0.15) is 17.3 Å². The van der Waals surface area contributed by atoms with Gasteiger partial charge in [-0.25, -0.2) is 13.1 Å². The third-order valence-corrected chi connectivity index (χ3v) is 5.35. The van der Waals surface area contributed by atoms with E-state index in [4.69, 9.17) is 8.94 Å². The molecule has 3 aromatic heterocycles. The molecular weight excluding hydrogens is 328 g/mol. The molecule has 1 N–H and O–H groups in total. The fraction of sp³-hybridized carbons (Fsp3) is 0.250. The molecule has 0 saturated heterocycles. The molecule has 0 aromatic carbocycles. The van der Waals surface area contributed by atoms with Gasteiger partial charge in [0.05, 0.1) is 11.4 Å². The van der Waals surface area contributed by atoms with Crippen LogP contribution < -0.4 is 4.72 Å². The van der Waals surface area contributed by atoms with Crippen LogP contribution in [0, 0.1) is 13.8 Å². The minimum absolute atomic E-state index is 0.0329. The second kappa shape index (κ2) is 5.63. The number of sulfonamides is 1. The van der Waals surface area contributed by atoms with Crippen LogP contribution in [-0.4, -0.2) is 23.8 Å². The molecule has 0 amide bonds. The van der Waals surface area contributed by atoms with Gasteiger partial charge >= 0.3 is 0 Å². The summed E-state index contributed by atoms with van der Waals surface area (Å²) in [5.41, 5.74) is 0.301. The Morgan fingerprint density at radius 3 is 2.77 bits per heavy atom. The summed E-state index contributed by atoms with van der Waals surface area (Å²) in [5.74, 6) is 0.773. The Labute approximate surface area is 130 Å². The maximum absolute atomic E-state index is 12.2. The highest BCUT2D eigenvalue weighted by atomic mass is 32.2. The Bertz CT molecular complexity index is 861. The van der Waals surface area contributed by atoms with Crippen LogP contribution in [0.4, 0.5) is 0 Å². The third kappa shape index (κ3) is 2.80. The molecule has 22 heavy (non-hydrogen) atoms. The van der Waals surface area contributed by atoms with Crippen LogP contribution in [0.3, 0.4) is 0 Å². The molecular formula is C12H12N4O4S2. The van der Waals surface area contributed by atoms with Gasteiger partial charge < -0.3 is 8.94 Å². The number of nitrogens with zero attached hydrogens (tertiary/aromatic N) is 3. The summed E-state index contributed by atoms with van der Waals surface area (Å²) in [6.07, 6.45) is 0. The van der Waals surface area contributed by atoms with Gasteiger partial charge in [0.25, 0.3) is 5.89 Å². The first-order valence-electron chi connectivity index (χ1n) is 6.26. The molecule has 0 aliphatic carbocycles. The van der Waals surface area contributed by atoms with E-state index in [1.165, 1.54) is 18.3 Å². The lowest BCUT2D eigenvalue weighted by molar-refractivity contribution is 0.390. The van der Waals surface area contributed by atoms with E-state index in [2.05, 4.69) is 20.1 Å². The molecule has 0 spiro atoms. The largest absolute Gasteiger partial charge is 0.418 e. The predicted molar refractivity (Wildman–Crippen MR) is 77.6 cm³/mol. The number of hydrogen-bond acceptors (Lipinski definition) is 8. The van der Waals surface area contributed by atoms with Crippen molar-refractivity contribution >= 4 is 21.4 Å². The molecule has 0 aliphatic rings. The van der Waals surface area contributed by atoms with Crippen molar-refractivity contribution in [2.24, 2.45) is 0 Å². The standard InChI is InChI=1S/C12H12N4O4S2/c1-7-11(8(2)20-16-7)22(17,18)13-6-10-14-15-12(19-10)9-4-3-5-21-9/h3-5,13H,6H2,1-2H3. The highest BCUT2D eigenvalue weighted by Gasteiger charge is 2.24. The summed E-state index contributed by atoms with van der Waals surface area (Å²) in [6, 6.07) is 3.71. The number of aromatic nitrogens is 3. The molecule has 8 nitrogen and oxygen atoms in total. The lowest BCUT2D eigenvalue weighted by Gasteiger charge is -2.03. The van der Waals surface area contributed by atoms with Crippen molar-refractivity contribution in [2.45, 2.75) is 25.3 Å². The first-order chi connectivity index (χ1) is 10.5. The Morgan fingerprint density at radius 2 is 2.14 bits per heavy atom. The van der Waals surface area contributed by atoms with E-state index in [1.54, 1.807) is 6.92 Å². The van der Waals surface area contributed by atoms with E-state index in [0.717, 1.165) is 4.88 Å². The zero-order chi connectivity index (χ0) is 15.7. The molecule has 0 saturated carbocycles. The van der Waals surface area contributed by atoms with Crippen LogP contribution in [0.15, 0.2) is 31.3 Å². The number of thiophene rings is 1. The van der Waals surface area contributed by atoms with Gasteiger partial charge in [-0.15, -0.1) is 21.5 Å². The molecule has 10 heteroatoms. The molecule has 0 unspecified atom stereocenters. The van der Waals surface area contributed by atoms with Crippen LogP contribution in [0.2, 0.25) is 0 Å². The monoisotopic (exact) mass is 340 g/mol. The van der Waals surface area contributed by atoms with E-state index in [-0.39, 0.29) is 23.1 Å². The van der Waals surface area contributed by atoms with Gasteiger partial charge in [-0.3, -0.25) is 0 Å². The van der Waals surface area contributed by atoms with Crippen LogP contribution in [0.25, 0.3) is 10.8 Å². The summed E-state index contributed by atoms with van der Waals surface area (Å²) in [7, 11) is -3.75. The molecule has 116 valence electrons. The molecule has 0 fully saturated rings. The highest BCUT2D eigenvalue weighted by molar-refractivity contribution is 7.89. The molecule has 0 aliphatic heterocycles. The van der Waals surface area contributed by atoms with Gasteiger partial charge in [0.2, 0.25) is 15.9 Å². The van der Waals surface area contributed by atoms with Crippen molar-refractivity contribution in [3.8, 4) is 10.8 Å². The Balaban J connectivity index is 1.75. The number of rotatable bonds is 5. The first kappa shape index (κ1) is 14.9. The van der Waals surface area contributed by atoms with Crippen LogP contribution in [-0.2, 0) is 16.6 Å². The molecule has 3 aromatic rings. The minimum atomic E-state index is -3.75. The lowest BCUT2D eigenvalue weighted by atomic mass is 10.4. The zero-order valence-corrected chi connectivity index (χ0v) is 13.4. The third-order valence-electron chi connectivity index (χ3n) is 2.85. The van der Waals surface area contributed by atoms with E-state index in [9.17, 15) is 8.42 Å². The van der Waals surface area contributed by atoms with Gasteiger partial charge in [-0.05, 0) is 25.3 Å². The average Bonchev–Trinajstić information content (AvgIpc) is 3.17. The van der Waals surface area contributed by atoms with Gasteiger partial charge in [0, 0.05) is 0 Å². The summed E-state index contributed by atoms with van der Waals surface area (Å²) >= 11 is 1.46. The van der Waals surface area contributed by atoms with Crippen LogP contribution in [0.5, 0.6) is 0 Å². The summed E-state index contributed by atoms with van der Waals surface area (Å²) in [6.45, 7) is 2.99. The van der Waals surface area contributed by atoms with Crippen molar-refractivity contribution in [2.75, 3.05) is 0 Å². The van der Waals surface area contributed by atoms with E-state index >= 15 is 0 Å². The van der Waals surface area contributed by atoms with Crippen molar-refractivity contribution in [1.29, 1.82) is 0 Å². The van der Waals surface area contributed by atoms with E-state index < -0.39 is 10.0 Å². The second-order valence-electron chi connectivity index (χ2n) is 4.46. The van der Waals surface area contributed by atoms with Gasteiger partial charge in [-0.1, -0.05) is 11.2 Å². The highest BCUT2D eigenvalue weighted by Crippen LogP contribution is 2.23. The van der Waals surface area contributed by atoms with Crippen molar-refractivity contribution in [3.63, 3.8) is 0 Å². The summed E-state index contributed by atoms with van der Waals surface area (Å²) in [4.78, 5) is 0.859. The Kier molecular flexibility index (Phi) is 3.81. The molecule has 0 bridgehead atoms. The smallest absolute Gasteiger partial charge is 0.257 e. The zero-order valence-electron chi connectivity index (χ0n) is 11.7. The van der Waals surface area contributed by atoms with E-state index in [1.807, 2.05) is 17.5 Å². The van der Waals surface area contributed by atoms with Gasteiger partial charge in [-0.2, -0.15) is 0 Å². The maximum Gasteiger partial charge on any atom is 0.257 e. The Hall–Kier alpha value is -2.04. The fourth-order valence-corrected chi connectivity index (χ4v) is 3.86. The summed E-state index contributed by atoms with van der Waals surface area (Å²) < 4.78 is 37.2. The average molecular weight is 340 g/mol. The quantitative estimate of drug-likeness (QED) is 0.754. The van der Waals surface area contributed by atoms with Gasteiger partial charge in [0.1, 0.15) is 10.6 Å². The molecule has 0 radical (unpaired) electrons. The van der Waals surface area contributed by atoms with Crippen molar-refractivity contribution in [1.82, 2.24) is 20.1 Å². The molecule has 3 heterocycles. The van der Waals surface area contributed by atoms with Crippen molar-refractivity contribution in [3.05, 3.63) is 34.9 Å². The second-order valence-corrected chi connectivity index (χ2v) is 7.11. The normalized spacial score (nSPS) is 11.9. The lowest BCUT2D eigenvalue weighted by Crippen LogP contribution is -2.24. The fourth-order valence-electron chi connectivity index (χ4n) is 1.91. The number of nitrogens with one attached hydrogen (secondary N) is 1. The first-order valence-corrected chi connectivity index (χ1v) is 8.62. The van der Waals surface area contributed by atoms with Crippen LogP contribution >= 0.6 is 11.3 Å². The molecule has 3 rings (SSSR count). The topological polar surface area (TPSA) is 111 Å². The molecule has 0 atom stereocenters. The predicted octanol–water partition coefficient (Wildman–Crippen LogP) is 1.88. The minimum Gasteiger partial charge on any atom is -0.418 e. The number of hydrogen-bond donors (Lipinski definition) is 1. The Morgan fingerprint density at radius 1 is 1.32 bits per heavy atom. The summed E-state index contributed by atoms with van der Waals surface area (Å²) in [5, 5.41) is 13.2. The maximum atomic E-state index is 12.2. The van der Waals surface area contributed by atoms with Crippen molar-refractivity contribution < 1.29 is 17.4 Å². The SMILES string of the molecule is Cc1noc(C)c1S(=O)(=O)NCc1nnc(-c2cccs2)o1. The van der Waals surface area contributed by atoms with Gasteiger partial charge in [0.15, 0.2) is 5.76 Å². The number of aryl methyl sites for hydroxylation is 2. The van der Waals surface area contributed by atoms with E-state index in [0.29, 0.717) is 11.6 Å².